The van der Waals surface area contributed by atoms with Crippen molar-refractivity contribution in [1.29, 1.82) is 0 Å². The van der Waals surface area contributed by atoms with Crippen LogP contribution in [0, 0.1) is 10.1 Å². The molecule has 2 aromatic heterocycles. The van der Waals surface area contributed by atoms with Crippen molar-refractivity contribution in [3.63, 3.8) is 0 Å². The van der Waals surface area contributed by atoms with E-state index in [0.717, 1.165) is 0 Å². The van der Waals surface area contributed by atoms with Gasteiger partial charge in [-0.1, -0.05) is 0 Å². The highest BCUT2D eigenvalue weighted by atomic mass is 32.1. The first-order chi connectivity index (χ1) is 12.5. The fourth-order valence-corrected chi connectivity index (χ4v) is 2.63. The predicted molar refractivity (Wildman–Crippen MR) is 98.1 cm³/mol. The second-order valence-electron chi connectivity index (χ2n) is 5.02. The summed E-state index contributed by atoms with van der Waals surface area (Å²) in [6, 6.07) is 6.69. The molecule has 3 rings (SSSR count). The van der Waals surface area contributed by atoms with Crippen LogP contribution >= 0.6 is 11.3 Å². The van der Waals surface area contributed by atoms with Crippen LogP contribution in [0.5, 0.6) is 0 Å². The van der Waals surface area contributed by atoms with Crippen LogP contribution in [-0.4, -0.2) is 25.8 Å². The Balaban J connectivity index is 1.87. The number of carbonyl (C=O) groups is 1. The van der Waals surface area contributed by atoms with Crippen LogP contribution in [0.1, 0.15) is 6.92 Å². The Labute approximate surface area is 151 Å². The standard InChI is InChI=1S/C15H13N7O3S/c1-9(23)19-10-2-4-11(5-3-10)20-13-12(22(24)25)14(18-8-17-13)21-15-16-6-7-26-15/h2-8H,1H3,(H,19,23)(H2,16,17,18,20,21). The summed E-state index contributed by atoms with van der Waals surface area (Å²) >= 11 is 1.29. The Bertz CT molecular complexity index is 929. The molecule has 0 bridgehead atoms. The molecule has 1 amide bonds. The third-order valence-electron chi connectivity index (χ3n) is 3.13. The minimum Gasteiger partial charge on any atom is -0.334 e. The van der Waals surface area contributed by atoms with Crippen molar-refractivity contribution < 1.29 is 9.72 Å². The summed E-state index contributed by atoms with van der Waals surface area (Å²) in [7, 11) is 0. The van der Waals surface area contributed by atoms with E-state index in [1.807, 2.05) is 0 Å². The van der Waals surface area contributed by atoms with E-state index in [1.165, 1.54) is 24.6 Å². The molecule has 1 aromatic carbocycles. The molecule has 26 heavy (non-hydrogen) atoms. The maximum atomic E-state index is 11.5. The molecule has 2 heterocycles. The number of amides is 1. The Morgan fingerprint density at radius 2 is 1.73 bits per heavy atom. The van der Waals surface area contributed by atoms with Gasteiger partial charge < -0.3 is 16.0 Å². The molecule has 3 N–H and O–H groups in total. The Morgan fingerprint density at radius 3 is 2.31 bits per heavy atom. The van der Waals surface area contributed by atoms with Crippen LogP contribution in [0.3, 0.4) is 0 Å². The molecule has 11 heteroatoms. The number of hydrogen-bond acceptors (Lipinski definition) is 9. The lowest BCUT2D eigenvalue weighted by Crippen LogP contribution is -2.06. The number of hydrogen-bond donors (Lipinski definition) is 3. The highest BCUT2D eigenvalue weighted by Gasteiger charge is 2.23. The maximum absolute atomic E-state index is 11.5. The third-order valence-corrected chi connectivity index (χ3v) is 3.82. The van der Waals surface area contributed by atoms with E-state index in [2.05, 4.69) is 30.9 Å². The molecule has 10 nitrogen and oxygen atoms in total. The number of nitrogens with one attached hydrogen (secondary N) is 3. The van der Waals surface area contributed by atoms with Crippen molar-refractivity contribution in [2.75, 3.05) is 16.0 Å². The molecule has 0 spiro atoms. The summed E-state index contributed by atoms with van der Waals surface area (Å²) in [6.07, 6.45) is 2.80. The lowest BCUT2D eigenvalue weighted by molar-refractivity contribution is -0.383. The topological polar surface area (TPSA) is 135 Å². The van der Waals surface area contributed by atoms with Crippen molar-refractivity contribution in [1.82, 2.24) is 15.0 Å². The Kier molecular flexibility index (Phi) is 4.99. The smallest absolute Gasteiger partial charge is 0.334 e. The lowest BCUT2D eigenvalue weighted by Gasteiger charge is -2.09. The molecule has 0 fully saturated rings. The van der Waals surface area contributed by atoms with Gasteiger partial charge in [0.15, 0.2) is 5.13 Å². The van der Waals surface area contributed by atoms with Crippen LogP contribution in [0.4, 0.5) is 33.8 Å². The zero-order valence-corrected chi connectivity index (χ0v) is 14.3. The number of anilines is 5. The van der Waals surface area contributed by atoms with Crippen molar-refractivity contribution in [3.05, 3.63) is 52.3 Å². The van der Waals surface area contributed by atoms with E-state index in [-0.39, 0.29) is 23.2 Å². The lowest BCUT2D eigenvalue weighted by atomic mass is 10.2. The average molecular weight is 371 g/mol. The molecule has 132 valence electrons. The Hall–Kier alpha value is -3.60. The number of thiazole rings is 1. The van der Waals surface area contributed by atoms with E-state index >= 15 is 0 Å². The number of aromatic nitrogens is 3. The van der Waals surface area contributed by atoms with Gasteiger partial charge in [0.1, 0.15) is 6.33 Å². The van der Waals surface area contributed by atoms with Crippen LogP contribution in [0.25, 0.3) is 0 Å². The van der Waals surface area contributed by atoms with Crippen LogP contribution in [0.2, 0.25) is 0 Å². The van der Waals surface area contributed by atoms with Gasteiger partial charge in [0.25, 0.3) is 0 Å². The van der Waals surface area contributed by atoms with Crippen molar-refractivity contribution in [2.24, 2.45) is 0 Å². The van der Waals surface area contributed by atoms with Gasteiger partial charge in [-0.2, -0.15) is 0 Å². The summed E-state index contributed by atoms with van der Waals surface area (Å²) in [5.74, 6) is -0.108. The summed E-state index contributed by atoms with van der Waals surface area (Å²) < 4.78 is 0. The first-order valence-electron chi connectivity index (χ1n) is 7.33. The first kappa shape index (κ1) is 17.2. The van der Waals surface area contributed by atoms with Gasteiger partial charge >= 0.3 is 5.69 Å². The monoisotopic (exact) mass is 371 g/mol. The van der Waals surface area contributed by atoms with Crippen LogP contribution in [0.15, 0.2) is 42.2 Å². The van der Waals surface area contributed by atoms with Crippen LogP contribution < -0.4 is 16.0 Å². The highest BCUT2D eigenvalue weighted by Crippen LogP contribution is 2.33. The van der Waals surface area contributed by atoms with Gasteiger partial charge in [0.05, 0.1) is 4.92 Å². The van der Waals surface area contributed by atoms with E-state index in [4.69, 9.17) is 0 Å². The van der Waals surface area contributed by atoms with E-state index in [9.17, 15) is 14.9 Å². The van der Waals surface area contributed by atoms with E-state index in [0.29, 0.717) is 16.5 Å². The second kappa shape index (κ2) is 7.53. The molecule has 0 radical (unpaired) electrons. The number of carbonyl (C=O) groups excluding carboxylic acids is 1. The number of nitro groups is 1. The fourth-order valence-electron chi connectivity index (χ4n) is 2.10. The van der Waals surface area contributed by atoms with Crippen molar-refractivity contribution in [2.45, 2.75) is 6.92 Å². The normalized spacial score (nSPS) is 10.2. The van der Waals surface area contributed by atoms with E-state index < -0.39 is 4.92 Å². The first-order valence-corrected chi connectivity index (χ1v) is 8.21. The summed E-state index contributed by atoms with van der Waals surface area (Å²) in [5, 5.41) is 22.1. The summed E-state index contributed by atoms with van der Waals surface area (Å²) in [5.41, 5.74) is 0.890. The number of nitrogens with zero attached hydrogens (tertiary/aromatic N) is 4. The van der Waals surface area contributed by atoms with Gasteiger partial charge in [-0.05, 0) is 24.3 Å². The molecule has 0 aliphatic heterocycles. The molecular weight excluding hydrogens is 358 g/mol. The van der Waals surface area contributed by atoms with Crippen molar-refractivity contribution in [3.8, 4) is 0 Å². The third kappa shape index (κ3) is 4.08. The van der Waals surface area contributed by atoms with E-state index in [1.54, 1.807) is 35.8 Å². The van der Waals surface area contributed by atoms with Crippen LogP contribution in [-0.2, 0) is 4.79 Å². The molecule has 0 unspecified atom stereocenters. The molecule has 0 saturated carbocycles. The molecule has 0 aliphatic carbocycles. The zero-order chi connectivity index (χ0) is 18.5. The minimum absolute atomic E-state index is 0.0383. The van der Waals surface area contributed by atoms with Gasteiger partial charge in [0, 0.05) is 29.9 Å². The quantitative estimate of drug-likeness (QED) is 0.444. The molecular formula is C15H13N7O3S. The summed E-state index contributed by atoms with van der Waals surface area (Å²) in [4.78, 5) is 33.9. The number of benzene rings is 1. The molecule has 3 aromatic rings. The molecule has 0 saturated heterocycles. The summed E-state index contributed by atoms with van der Waals surface area (Å²) in [6.45, 7) is 1.41. The fraction of sp³-hybridized carbons (Fsp3) is 0.0667. The van der Waals surface area contributed by atoms with Gasteiger partial charge in [-0.15, -0.1) is 11.3 Å². The average Bonchev–Trinajstić information content (AvgIpc) is 3.09. The largest absolute Gasteiger partial charge is 0.353 e. The van der Waals surface area contributed by atoms with Gasteiger partial charge in [-0.25, -0.2) is 15.0 Å². The predicted octanol–water partition coefficient (Wildman–Crippen LogP) is 3.29. The zero-order valence-electron chi connectivity index (χ0n) is 13.5. The maximum Gasteiger partial charge on any atom is 0.353 e. The molecule has 0 atom stereocenters. The highest BCUT2D eigenvalue weighted by molar-refractivity contribution is 7.13. The number of rotatable bonds is 6. The second-order valence-corrected chi connectivity index (χ2v) is 5.92. The molecule has 0 aliphatic rings. The van der Waals surface area contributed by atoms with Crippen molar-refractivity contribution >= 4 is 51.1 Å². The Morgan fingerprint density at radius 1 is 1.08 bits per heavy atom. The minimum atomic E-state index is -0.566. The van der Waals surface area contributed by atoms with Gasteiger partial charge in [0.2, 0.25) is 17.5 Å². The van der Waals surface area contributed by atoms with Gasteiger partial charge in [-0.3, -0.25) is 14.9 Å². The SMILES string of the molecule is CC(=O)Nc1ccc(Nc2ncnc(Nc3nccs3)c2[N+](=O)[O-])cc1.